The van der Waals surface area contributed by atoms with Crippen molar-refractivity contribution in [3.8, 4) is 5.75 Å². The van der Waals surface area contributed by atoms with Crippen LogP contribution in [0.3, 0.4) is 0 Å². The number of nitrogens with one attached hydrogen (secondary N) is 1. The Morgan fingerprint density at radius 1 is 1.14 bits per heavy atom. The fraction of sp³-hybridized carbons (Fsp3) is 0.474. The van der Waals surface area contributed by atoms with Gasteiger partial charge in [-0.3, -0.25) is 0 Å². The number of benzene rings is 2. The number of rotatable bonds is 3. The summed E-state index contributed by atoms with van der Waals surface area (Å²) in [5, 5.41) is 6.23. The van der Waals surface area contributed by atoms with Crippen LogP contribution in [0.15, 0.2) is 36.4 Å². The molecular formula is C19H25NO. The lowest BCUT2D eigenvalue weighted by molar-refractivity contribution is 0.251. The SMILES string of the molecule is COc1ccc2ccccc2c1C1CCNCC1C(C)C. The molecule has 2 heteroatoms. The van der Waals surface area contributed by atoms with Crippen LogP contribution < -0.4 is 10.1 Å². The second-order valence-corrected chi connectivity index (χ2v) is 6.41. The summed E-state index contributed by atoms with van der Waals surface area (Å²) >= 11 is 0. The highest BCUT2D eigenvalue weighted by atomic mass is 16.5. The highest BCUT2D eigenvalue weighted by Crippen LogP contribution is 2.42. The van der Waals surface area contributed by atoms with Gasteiger partial charge in [0, 0.05) is 5.56 Å². The third-order valence-electron chi connectivity index (χ3n) is 4.91. The summed E-state index contributed by atoms with van der Waals surface area (Å²) in [4.78, 5) is 0. The molecule has 21 heavy (non-hydrogen) atoms. The summed E-state index contributed by atoms with van der Waals surface area (Å²) in [6, 6.07) is 13.0. The molecule has 1 aliphatic rings. The van der Waals surface area contributed by atoms with Gasteiger partial charge >= 0.3 is 0 Å². The molecule has 2 atom stereocenters. The maximum absolute atomic E-state index is 5.71. The van der Waals surface area contributed by atoms with E-state index in [0.717, 1.165) is 18.8 Å². The van der Waals surface area contributed by atoms with Crippen molar-refractivity contribution in [2.24, 2.45) is 11.8 Å². The van der Waals surface area contributed by atoms with E-state index < -0.39 is 0 Å². The van der Waals surface area contributed by atoms with Gasteiger partial charge in [0.15, 0.2) is 0 Å². The van der Waals surface area contributed by atoms with Gasteiger partial charge in [-0.15, -0.1) is 0 Å². The lowest BCUT2D eigenvalue weighted by Gasteiger charge is -2.36. The molecule has 1 N–H and O–H groups in total. The summed E-state index contributed by atoms with van der Waals surface area (Å²) in [5.74, 6) is 2.96. The molecule has 1 saturated heterocycles. The Bertz CT molecular complexity index is 620. The number of hydrogen-bond donors (Lipinski definition) is 1. The Balaban J connectivity index is 2.16. The van der Waals surface area contributed by atoms with E-state index in [4.69, 9.17) is 4.74 Å². The Kier molecular flexibility index (Phi) is 4.16. The van der Waals surface area contributed by atoms with E-state index in [1.165, 1.54) is 22.8 Å². The molecule has 2 nitrogen and oxygen atoms in total. The molecule has 2 unspecified atom stereocenters. The third kappa shape index (κ3) is 2.65. The highest BCUT2D eigenvalue weighted by molar-refractivity contribution is 5.88. The van der Waals surface area contributed by atoms with Gasteiger partial charge in [0.05, 0.1) is 7.11 Å². The molecule has 2 aromatic rings. The highest BCUT2D eigenvalue weighted by Gasteiger charge is 2.31. The third-order valence-corrected chi connectivity index (χ3v) is 4.91. The summed E-state index contributed by atoms with van der Waals surface area (Å²) in [6.07, 6.45) is 1.19. The van der Waals surface area contributed by atoms with Crippen molar-refractivity contribution in [2.45, 2.75) is 26.2 Å². The average Bonchev–Trinajstić information content (AvgIpc) is 2.53. The predicted molar refractivity (Wildman–Crippen MR) is 89.1 cm³/mol. The zero-order valence-electron chi connectivity index (χ0n) is 13.2. The number of piperidine rings is 1. The summed E-state index contributed by atoms with van der Waals surface area (Å²) < 4.78 is 5.71. The molecule has 3 rings (SSSR count). The van der Waals surface area contributed by atoms with Gasteiger partial charge in [0.1, 0.15) is 5.75 Å². The molecule has 0 radical (unpaired) electrons. The molecule has 0 bridgehead atoms. The summed E-state index contributed by atoms with van der Waals surface area (Å²) in [6.45, 7) is 6.87. The quantitative estimate of drug-likeness (QED) is 0.911. The van der Waals surface area contributed by atoms with Crippen molar-refractivity contribution in [3.63, 3.8) is 0 Å². The maximum Gasteiger partial charge on any atom is 0.122 e. The van der Waals surface area contributed by atoms with E-state index in [-0.39, 0.29) is 0 Å². The van der Waals surface area contributed by atoms with Crippen LogP contribution in [0.2, 0.25) is 0 Å². The standard InChI is InChI=1S/C19H25NO/c1-13(2)17-12-20-11-10-16(17)19-15-7-5-4-6-14(15)8-9-18(19)21-3/h4-9,13,16-17,20H,10-12H2,1-3H3. The molecule has 0 aromatic heterocycles. The molecule has 0 spiro atoms. The van der Waals surface area contributed by atoms with E-state index in [2.05, 4.69) is 55.6 Å². The first-order chi connectivity index (χ1) is 10.2. The van der Waals surface area contributed by atoms with E-state index >= 15 is 0 Å². The van der Waals surface area contributed by atoms with Crippen molar-refractivity contribution in [1.29, 1.82) is 0 Å². The smallest absolute Gasteiger partial charge is 0.122 e. The van der Waals surface area contributed by atoms with Gasteiger partial charge in [0.25, 0.3) is 0 Å². The minimum atomic E-state index is 0.576. The van der Waals surface area contributed by atoms with Crippen LogP contribution in [-0.4, -0.2) is 20.2 Å². The number of fused-ring (bicyclic) bond motifs is 1. The molecule has 1 fully saturated rings. The minimum absolute atomic E-state index is 0.576. The fourth-order valence-corrected chi connectivity index (χ4v) is 3.78. The van der Waals surface area contributed by atoms with E-state index in [9.17, 15) is 0 Å². The normalized spacial score (nSPS) is 22.7. The zero-order valence-corrected chi connectivity index (χ0v) is 13.2. The van der Waals surface area contributed by atoms with Crippen LogP contribution >= 0.6 is 0 Å². The van der Waals surface area contributed by atoms with E-state index in [1.54, 1.807) is 7.11 Å². The van der Waals surface area contributed by atoms with Gasteiger partial charge in [-0.2, -0.15) is 0 Å². The first kappa shape index (κ1) is 14.4. The monoisotopic (exact) mass is 283 g/mol. The van der Waals surface area contributed by atoms with Crippen LogP contribution in [0.5, 0.6) is 5.75 Å². The first-order valence-corrected chi connectivity index (χ1v) is 7.98. The summed E-state index contributed by atoms with van der Waals surface area (Å²) in [5.41, 5.74) is 1.41. The molecule has 1 aliphatic heterocycles. The Morgan fingerprint density at radius 3 is 2.71 bits per heavy atom. The van der Waals surface area contributed by atoms with E-state index in [1.807, 2.05) is 0 Å². The van der Waals surface area contributed by atoms with Gasteiger partial charge in [-0.05, 0) is 54.1 Å². The predicted octanol–water partition coefficient (Wildman–Crippen LogP) is 4.20. The molecule has 0 saturated carbocycles. The van der Waals surface area contributed by atoms with Crippen molar-refractivity contribution < 1.29 is 4.74 Å². The van der Waals surface area contributed by atoms with Gasteiger partial charge in [-0.25, -0.2) is 0 Å². The lowest BCUT2D eigenvalue weighted by atomic mass is 9.74. The van der Waals surface area contributed by atoms with Crippen LogP contribution in [0, 0.1) is 11.8 Å². The Morgan fingerprint density at radius 2 is 1.95 bits per heavy atom. The lowest BCUT2D eigenvalue weighted by Crippen LogP contribution is -2.38. The molecule has 112 valence electrons. The average molecular weight is 283 g/mol. The first-order valence-electron chi connectivity index (χ1n) is 7.98. The fourth-order valence-electron chi connectivity index (χ4n) is 3.78. The Labute approximate surface area is 127 Å². The Hall–Kier alpha value is -1.54. The summed E-state index contributed by atoms with van der Waals surface area (Å²) in [7, 11) is 1.79. The van der Waals surface area contributed by atoms with Crippen molar-refractivity contribution in [3.05, 3.63) is 42.0 Å². The largest absolute Gasteiger partial charge is 0.496 e. The molecule has 0 amide bonds. The van der Waals surface area contributed by atoms with Crippen LogP contribution in [-0.2, 0) is 0 Å². The second kappa shape index (κ2) is 6.07. The zero-order chi connectivity index (χ0) is 14.8. The molecular weight excluding hydrogens is 258 g/mol. The van der Waals surface area contributed by atoms with Crippen LogP contribution in [0.25, 0.3) is 10.8 Å². The van der Waals surface area contributed by atoms with Gasteiger partial charge in [-0.1, -0.05) is 44.2 Å². The van der Waals surface area contributed by atoms with Crippen molar-refractivity contribution in [2.75, 3.05) is 20.2 Å². The topological polar surface area (TPSA) is 21.3 Å². The number of hydrogen-bond acceptors (Lipinski definition) is 2. The van der Waals surface area contributed by atoms with Crippen molar-refractivity contribution >= 4 is 10.8 Å². The number of methoxy groups -OCH3 is 1. The molecule has 1 heterocycles. The number of ether oxygens (including phenoxy) is 1. The maximum atomic E-state index is 5.71. The van der Waals surface area contributed by atoms with Crippen LogP contribution in [0.1, 0.15) is 31.7 Å². The second-order valence-electron chi connectivity index (χ2n) is 6.41. The van der Waals surface area contributed by atoms with E-state index in [0.29, 0.717) is 17.8 Å². The van der Waals surface area contributed by atoms with Crippen molar-refractivity contribution in [1.82, 2.24) is 5.32 Å². The molecule has 2 aromatic carbocycles. The minimum Gasteiger partial charge on any atom is -0.496 e. The van der Waals surface area contributed by atoms with Crippen LogP contribution in [0.4, 0.5) is 0 Å². The molecule has 0 aliphatic carbocycles. The van der Waals surface area contributed by atoms with Gasteiger partial charge in [0.2, 0.25) is 0 Å². The van der Waals surface area contributed by atoms with Gasteiger partial charge < -0.3 is 10.1 Å².